The molecule has 0 unspecified atom stereocenters. The summed E-state index contributed by atoms with van der Waals surface area (Å²) in [5.41, 5.74) is 1.24. The molecule has 2 aromatic rings. The number of fused-ring (bicyclic) bond motifs is 1. The molecule has 0 fully saturated rings. The van der Waals surface area contributed by atoms with E-state index in [1.54, 1.807) is 11.3 Å². The van der Waals surface area contributed by atoms with Crippen LogP contribution >= 0.6 is 22.9 Å². The molecule has 2 heteroatoms. The average molecular weight is 183 g/mol. The van der Waals surface area contributed by atoms with Crippen molar-refractivity contribution in [1.82, 2.24) is 0 Å². The maximum atomic E-state index is 5.77. The number of benzene rings is 1. The number of rotatable bonds is 1. The van der Waals surface area contributed by atoms with Crippen molar-refractivity contribution in [3.63, 3.8) is 0 Å². The molecule has 0 saturated heterocycles. The molecule has 1 aromatic heterocycles. The van der Waals surface area contributed by atoms with E-state index in [0.29, 0.717) is 5.88 Å². The summed E-state index contributed by atoms with van der Waals surface area (Å²) < 4.78 is 1.32. The number of hydrogen-bond donors (Lipinski definition) is 0. The van der Waals surface area contributed by atoms with Crippen molar-refractivity contribution < 1.29 is 0 Å². The molecular formula is C9H7ClS. The summed E-state index contributed by atoms with van der Waals surface area (Å²) in [6.45, 7) is 0. The van der Waals surface area contributed by atoms with Gasteiger partial charge in [-0.05, 0) is 22.4 Å². The quantitative estimate of drug-likeness (QED) is 0.591. The van der Waals surface area contributed by atoms with Crippen LogP contribution in [-0.2, 0) is 5.88 Å². The summed E-state index contributed by atoms with van der Waals surface area (Å²) in [7, 11) is 0. The molecule has 1 heterocycles. The monoisotopic (exact) mass is 182 g/mol. The fourth-order valence-electron chi connectivity index (χ4n) is 1.16. The number of thiophene rings is 1. The van der Waals surface area contributed by atoms with Crippen molar-refractivity contribution in [2.75, 3.05) is 0 Å². The van der Waals surface area contributed by atoms with Crippen LogP contribution < -0.4 is 0 Å². The van der Waals surface area contributed by atoms with E-state index in [1.807, 2.05) is 6.07 Å². The molecule has 0 nitrogen and oxygen atoms in total. The van der Waals surface area contributed by atoms with E-state index in [2.05, 4.69) is 23.6 Å². The molecule has 0 radical (unpaired) electrons. The van der Waals surface area contributed by atoms with Crippen LogP contribution in [0.3, 0.4) is 0 Å². The van der Waals surface area contributed by atoms with Gasteiger partial charge in [0.1, 0.15) is 0 Å². The second kappa shape index (κ2) is 2.84. The second-order valence-corrected chi connectivity index (χ2v) is 3.57. The molecule has 0 aliphatic heterocycles. The first kappa shape index (κ1) is 7.14. The van der Waals surface area contributed by atoms with E-state index in [0.717, 1.165) is 0 Å². The minimum atomic E-state index is 0.609. The highest BCUT2D eigenvalue weighted by Gasteiger charge is 1.98. The molecule has 0 atom stereocenters. The van der Waals surface area contributed by atoms with E-state index in [9.17, 15) is 0 Å². The van der Waals surface area contributed by atoms with E-state index in [4.69, 9.17) is 11.6 Å². The molecule has 56 valence electrons. The zero-order valence-corrected chi connectivity index (χ0v) is 7.45. The lowest BCUT2D eigenvalue weighted by molar-refractivity contribution is 1.47. The molecule has 0 amide bonds. The predicted molar refractivity (Wildman–Crippen MR) is 51.4 cm³/mol. The minimum absolute atomic E-state index is 0.609. The maximum Gasteiger partial charge on any atom is 0.0488 e. The van der Waals surface area contributed by atoms with Gasteiger partial charge in [0.2, 0.25) is 0 Å². The fraction of sp³-hybridized carbons (Fsp3) is 0.111. The van der Waals surface area contributed by atoms with Gasteiger partial charge in [-0.15, -0.1) is 22.9 Å². The van der Waals surface area contributed by atoms with Gasteiger partial charge in [0.05, 0.1) is 0 Å². The van der Waals surface area contributed by atoms with Crippen LogP contribution in [0.25, 0.3) is 10.1 Å². The van der Waals surface area contributed by atoms with Gasteiger partial charge >= 0.3 is 0 Å². The molecule has 0 saturated carbocycles. The normalized spacial score (nSPS) is 10.6. The number of alkyl halides is 1. The standard InChI is InChI=1S/C9H7ClS/c10-6-8-3-1-2-7-4-5-11-9(7)8/h1-5H,6H2. The summed E-state index contributed by atoms with van der Waals surface area (Å²) in [5, 5.41) is 3.40. The van der Waals surface area contributed by atoms with Crippen molar-refractivity contribution in [2.24, 2.45) is 0 Å². The molecule has 2 rings (SSSR count). The molecule has 0 spiro atoms. The highest BCUT2D eigenvalue weighted by molar-refractivity contribution is 7.17. The SMILES string of the molecule is ClCc1cccc2ccsc12. The Hall–Kier alpha value is -0.530. The zero-order chi connectivity index (χ0) is 7.68. The first-order chi connectivity index (χ1) is 5.42. The van der Waals surface area contributed by atoms with Gasteiger partial charge in [0.15, 0.2) is 0 Å². The van der Waals surface area contributed by atoms with Crippen molar-refractivity contribution in [1.29, 1.82) is 0 Å². The Labute approximate surface area is 74.4 Å². The molecule has 1 aromatic carbocycles. The third-order valence-electron chi connectivity index (χ3n) is 1.70. The van der Waals surface area contributed by atoms with Crippen LogP contribution in [-0.4, -0.2) is 0 Å². The molecule has 11 heavy (non-hydrogen) atoms. The van der Waals surface area contributed by atoms with Crippen LogP contribution in [0.1, 0.15) is 5.56 Å². The van der Waals surface area contributed by atoms with Crippen molar-refractivity contribution in [2.45, 2.75) is 5.88 Å². The molecule has 0 aliphatic carbocycles. The Kier molecular flexibility index (Phi) is 1.84. The summed E-state index contributed by atoms with van der Waals surface area (Å²) >= 11 is 7.52. The highest BCUT2D eigenvalue weighted by atomic mass is 35.5. The molecule has 0 N–H and O–H groups in total. The number of hydrogen-bond acceptors (Lipinski definition) is 1. The van der Waals surface area contributed by atoms with Gasteiger partial charge in [-0.3, -0.25) is 0 Å². The smallest absolute Gasteiger partial charge is 0.0488 e. The van der Waals surface area contributed by atoms with Crippen LogP contribution in [0.15, 0.2) is 29.6 Å². The molecule has 0 aliphatic rings. The average Bonchev–Trinajstić information content (AvgIpc) is 2.50. The van der Waals surface area contributed by atoms with Crippen molar-refractivity contribution in [3.8, 4) is 0 Å². The minimum Gasteiger partial charge on any atom is -0.143 e. The van der Waals surface area contributed by atoms with Crippen LogP contribution in [0.4, 0.5) is 0 Å². The van der Waals surface area contributed by atoms with E-state index >= 15 is 0 Å². The first-order valence-corrected chi connectivity index (χ1v) is 4.84. The lowest BCUT2D eigenvalue weighted by Gasteiger charge is -1.95. The van der Waals surface area contributed by atoms with E-state index in [-0.39, 0.29) is 0 Å². The van der Waals surface area contributed by atoms with Gasteiger partial charge in [-0.2, -0.15) is 0 Å². The van der Waals surface area contributed by atoms with Crippen LogP contribution in [0.5, 0.6) is 0 Å². The Morgan fingerprint density at radius 1 is 1.27 bits per heavy atom. The van der Waals surface area contributed by atoms with Gasteiger partial charge in [0, 0.05) is 10.6 Å². The van der Waals surface area contributed by atoms with E-state index in [1.165, 1.54) is 15.6 Å². The summed E-state index contributed by atoms with van der Waals surface area (Å²) in [6, 6.07) is 8.36. The summed E-state index contributed by atoms with van der Waals surface area (Å²) in [4.78, 5) is 0. The summed E-state index contributed by atoms with van der Waals surface area (Å²) in [6.07, 6.45) is 0. The Morgan fingerprint density at radius 2 is 2.18 bits per heavy atom. The summed E-state index contributed by atoms with van der Waals surface area (Å²) in [5.74, 6) is 0.609. The Morgan fingerprint density at radius 3 is 3.00 bits per heavy atom. The van der Waals surface area contributed by atoms with Gasteiger partial charge in [-0.25, -0.2) is 0 Å². The van der Waals surface area contributed by atoms with Crippen LogP contribution in [0, 0.1) is 0 Å². The largest absolute Gasteiger partial charge is 0.143 e. The highest BCUT2D eigenvalue weighted by Crippen LogP contribution is 2.25. The predicted octanol–water partition coefficient (Wildman–Crippen LogP) is 3.64. The lowest BCUT2D eigenvalue weighted by Crippen LogP contribution is -1.74. The van der Waals surface area contributed by atoms with Crippen molar-refractivity contribution >= 4 is 33.0 Å². The Bertz CT molecular complexity index is 364. The van der Waals surface area contributed by atoms with Crippen LogP contribution in [0.2, 0.25) is 0 Å². The lowest BCUT2D eigenvalue weighted by atomic mass is 10.2. The second-order valence-electron chi connectivity index (χ2n) is 2.39. The first-order valence-electron chi connectivity index (χ1n) is 3.43. The van der Waals surface area contributed by atoms with Gasteiger partial charge in [0.25, 0.3) is 0 Å². The molecular weight excluding hydrogens is 176 g/mol. The fourth-order valence-corrected chi connectivity index (χ4v) is 2.38. The third-order valence-corrected chi connectivity index (χ3v) is 3.00. The third kappa shape index (κ3) is 1.15. The molecule has 0 bridgehead atoms. The van der Waals surface area contributed by atoms with Gasteiger partial charge < -0.3 is 0 Å². The van der Waals surface area contributed by atoms with Crippen molar-refractivity contribution in [3.05, 3.63) is 35.2 Å². The zero-order valence-electron chi connectivity index (χ0n) is 5.88. The van der Waals surface area contributed by atoms with E-state index < -0.39 is 0 Å². The maximum absolute atomic E-state index is 5.77. The topological polar surface area (TPSA) is 0 Å². The number of halogens is 1. The van der Waals surface area contributed by atoms with Gasteiger partial charge in [-0.1, -0.05) is 18.2 Å². The Balaban J connectivity index is 2.79.